The van der Waals surface area contributed by atoms with Gasteiger partial charge in [-0.25, -0.2) is 4.79 Å². The lowest BCUT2D eigenvalue weighted by Crippen LogP contribution is -2.41. The van der Waals surface area contributed by atoms with Crippen LogP contribution in [0.15, 0.2) is 36.4 Å². The Kier molecular flexibility index (Phi) is 4.37. The summed E-state index contributed by atoms with van der Waals surface area (Å²) in [4.78, 5) is 26.6. The second-order valence-electron chi connectivity index (χ2n) is 7.25. The summed E-state index contributed by atoms with van der Waals surface area (Å²) in [5.74, 6) is 1.60. The summed E-state index contributed by atoms with van der Waals surface area (Å²) in [6.45, 7) is 6.21. The van der Waals surface area contributed by atoms with Crippen molar-refractivity contribution in [2.45, 2.75) is 26.3 Å². The molecular formula is C21H22N2O5. The van der Waals surface area contributed by atoms with Crippen LogP contribution in [-0.2, 0) is 10.3 Å². The minimum absolute atomic E-state index is 0.151. The molecule has 0 unspecified atom stereocenters. The molecule has 7 nitrogen and oxygen atoms in total. The van der Waals surface area contributed by atoms with Crippen LogP contribution in [0.3, 0.4) is 0 Å². The highest BCUT2D eigenvalue weighted by molar-refractivity contribution is 6.07. The van der Waals surface area contributed by atoms with Crippen molar-refractivity contribution in [2.24, 2.45) is 0 Å². The van der Waals surface area contributed by atoms with E-state index in [2.05, 4.69) is 11.4 Å². The Labute approximate surface area is 163 Å². The van der Waals surface area contributed by atoms with Gasteiger partial charge in [0, 0.05) is 0 Å². The number of benzene rings is 2. The molecule has 2 aromatic carbocycles. The van der Waals surface area contributed by atoms with E-state index in [9.17, 15) is 9.59 Å². The van der Waals surface area contributed by atoms with Crippen LogP contribution in [0.5, 0.6) is 17.2 Å². The zero-order valence-electron chi connectivity index (χ0n) is 16.1. The van der Waals surface area contributed by atoms with E-state index in [1.54, 1.807) is 25.1 Å². The largest absolute Gasteiger partial charge is 0.492 e. The van der Waals surface area contributed by atoms with E-state index in [4.69, 9.17) is 14.2 Å². The Hall–Kier alpha value is -3.22. The van der Waals surface area contributed by atoms with Gasteiger partial charge in [0.15, 0.2) is 11.5 Å². The summed E-state index contributed by atoms with van der Waals surface area (Å²) in [6.07, 6.45) is 0. The van der Waals surface area contributed by atoms with E-state index < -0.39 is 11.6 Å². The predicted molar refractivity (Wildman–Crippen MR) is 102 cm³/mol. The zero-order valence-corrected chi connectivity index (χ0v) is 16.1. The molecule has 0 aliphatic carbocycles. The minimum Gasteiger partial charge on any atom is -0.492 e. The number of rotatable bonds is 5. The van der Waals surface area contributed by atoms with Gasteiger partial charge in [0.1, 0.15) is 17.9 Å². The van der Waals surface area contributed by atoms with E-state index in [-0.39, 0.29) is 25.9 Å². The van der Waals surface area contributed by atoms with Crippen LogP contribution in [0, 0.1) is 13.8 Å². The number of aryl methyl sites for hydroxylation is 2. The SMILES string of the molecule is Cc1cc(C)cc(OCCN2C(=O)N[C@](C)(c3ccc4c(c3)OCO4)C2=O)c1. The highest BCUT2D eigenvalue weighted by Gasteiger charge is 2.49. The molecule has 2 aromatic rings. The molecule has 0 aromatic heterocycles. The lowest BCUT2D eigenvalue weighted by Gasteiger charge is -2.22. The summed E-state index contributed by atoms with van der Waals surface area (Å²) < 4.78 is 16.4. The van der Waals surface area contributed by atoms with Crippen LogP contribution < -0.4 is 19.5 Å². The normalized spacial score (nSPS) is 20.5. The molecule has 4 rings (SSSR count). The smallest absolute Gasteiger partial charge is 0.325 e. The number of carbonyl (C=O) groups is 2. The first kappa shape index (κ1) is 18.2. The van der Waals surface area contributed by atoms with E-state index >= 15 is 0 Å². The highest BCUT2D eigenvalue weighted by atomic mass is 16.7. The van der Waals surface area contributed by atoms with Crippen molar-refractivity contribution in [3.63, 3.8) is 0 Å². The average molecular weight is 382 g/mol. The number of nitrogens with one attached hydrogen (secondary N) is 1. The highest BCUT2D eigenvalue weighted by Crippen LogP contribution is 2.37. The summed E-state index contributed by atoms with van der Waals surface area (Å²) in [7, 11) is 0. The van der Waals surface area contributed by atoms with Gasteiger partial charge in [0.2, 0.25) is 6.79 Å². The van der Waals surface area contributed by atoms with Crippen molar-refractivity contribution >= 4 is 11.9 Å². The maximum Gasteiger partial charge on any atom is 0.325 e. The molecule has 146 valence electrons. The molecule has 7 heteroatoms. The van der Waals surface area contributed by atoms with Crippen LogP contribution in [0.4, 0.5) is 4.79 Å². The average Bonchev–Trinajstić information content (AvgIpc) is 3.19. The van der Waals surface area contributed by atoms with Crippen molar-refractivity contribution in [1.29, 1.82) is 0 Å². The Bertz CT molecular complexity index is 938. The number of imide groups is 1. The third-order valence-corrected chi connectivity index (χ3v) is 5.00. The fourth-order valence-corrected chi connectivity index (χ4v) is 3.57. The van der Waals surface area contributed by atoms with Crippen molar-refractivity contribution in [3.05, 3.63) is 53.1 Å². The molecule has 0 bridgehead atoms. The van der Waals surface area contributed by atoms with Gasteiger partial charge in [-0.1, -0.05) is 12.1 Å². The first-order valence-corrected chi connectivity index (χ1v) is 9.12. The van der Waals surface area contributed by atoms with E-state index in [1.807, 2.05) is 26.0 Å². The van der Waals surface area contributed by atoms with Crippen LogP contribution in [-0.4, -0.2) is 36.8 Å². The van der Waals surface area contributed by atoms with Crippen LogP contribution >= 0.6 is 0 Å². The van der Waals surface area contributed by atoms with Crippen molar-refractivity contribution < 1.29 is 23.8 Å². The molecule has 0 saturated carbocycles. The topological polar surface area (TPSA) is 77.1 Å². The Morgan fingerprint density at radius 3 is 2.54 bits per heavy atom. The van der Waals surface area contributed by atoms with Crippen molar-refractivity contribution in [1.82, 2.24) is 10.2 Å². The number of carbonyl (C=O) groups excluding carboxylic acids is 2. The summed E-state index contributed by atoms with van der Waals surface area (Å²) in [5.41, 5.74) is 1.69. The van der Waals surface area contributed by atoms with Gasteiger partial charge < -0.3 is 19.5 Å². The lowest BCUT2D eigenvalue weighted by atomic mass is 9.91. The Balaban J connectivity index is 1.46. The van der Waals surface area contributed by atoms with E-state index in [0.29, 0.717) is 17.1 Å². The lowest BCUT2D eigenvalue weighted by molar-refractivity contribution is -0.131. The predicted octanol–water partition coefficient (Wildman–Crippen LogP) is 2.88. The van der Waals surface area contributed by atoms with Gasteiger partial charge in [-0.2, -0.15) is 0 Å². The van der Waals surface area contributed by atoms with Crippen molar-refractivity contribution in [3.8, 4) is 17.2 Å². The summed E-state index contributed by atoms with van der Waals surface area (Å²) >= 11 is 0. The van der Waals surface area contributed by atoms with Gasteiger partial charge in [0.25, 0.3) is 5.91 Å². The summed E-state index contributed by atoms with van der Waals surface area (Å²) in [5, 5.41) is 2.79. The van der Waals surface area contributed by atoms with Crippen LogP contribution in [0.1, 0.15) is 23.6 Å². The first-order valence-electron chi connectivity index (χ1n) is 9.12. The van der Waals surface area contributed by atoms with Gasteiger partial charge >= 0.3 is 6.03 Å². The van der Waals surface area contributed by atoms with Crippen molar-refractivity contribution in [2.75, 3.05) is 19.9 Å². The molecule has 2 heterocycles. The molecule has 3 amide bonds. The third-order valence-electron chi connectivity index (χ3n) is 5.00. The summed E-state index contributed by atoms with van der Waals surface area (Å²) in [6, 6.07) is 10.7. The number of urea groups is 1. The van der Waals surface area contributed by atoms with Gasteiger partial charge in [-0.05, 0) is 61.7 Å². The van der Waals surface area contributed by atoms with E-state index in [1.165, 1.54) is 4.90 Å². The quantitative estimate of drug-likeness (QED) is 0.805. The van der Waals surface area contributed by atoms with E-state index in [0.717, 1.165) is 16.9 Å². The first-order chi connectivity index (χ1) is 13.4. The molecule has 1 atom stereocenters. The Morgan fingerprint density at radius 1 is 1.07 bits per heavy atom. The third kappa shape index (κ3) is 3.13. The number of hydrogen-bond donors (Lipinski definition) is 1. The van der Waals surface area contributed by atoms with Gasteiger partial charge in [-0.3, -0.25) is 9.69 Å². The molecule has 0 spiro atoms. The fraction of sp³-hybridized carbons (Fsp3) is 0.333. The maximum absolute atomic E-state index is 13.0. The van der Waals surface area contributed by atoms with Crippen LogP contribution in [0.25, 0.3) is 0 Å². The second-order valence-corrected chi connectivity index (χ2v) is 7.25. The molecule has 2 aliphatic rings. The molecule has 1 N–H and O–H groups in total. The Morgan fingerprint density at radius 2 is 1.79 bits per heavy atom. The fourth-order valence-electron chi connectivity index (χ4n) is 3.57. The second kappa shape index (κ2) is 6.74. The van der Waals surface area contributed by atoms with Crippen LogP contribution in [0.2, 0.25) is 0 Å². The number of fused-ring (bicyclic) bond motifs is 1. The van der Waals surface area contributed by atoms with Gasteiger partial charge in [0.05, 0.1) is 6.54 Å². The molecular weight excluding hydrogens is 360 g/mol. The zero-order chi connectivity index (χ0) is 19.9. The molecule has 1 saturated heterocycles. The minimum atomic E-state index is -1.15. The molecule has 0 radical (unpaired) electrons. The molecule has 2 aliphatic heterocycles. The standard InChI is InChI=1S/C21H22N2O5/c1-13-8-14(2)10-16(9-13)26-7-6-23-19(24)21(3,22-20(23)25)15-4-5-17-18(11-15)28-12-27-17/h4-5,8-11H,6-7,12H2,1-3H3,(H,22,25)/t21-/m1/s1. The maximum atomic E-state index is 13.0. The monoisotopic (exact) mass is 382 g/mol. The number of nitrogens with zero attached hydrogens (tertiary/aromatic N) is 1. The molecule has 28 heavy (non-hydrogen) atoms. The number of hydrogen-bond acceptors (Lipinski definition) is 5. The molecule has 1 fully saturated rings. The number of ether oxygens (including phenoxy) is 3. The van der Waals surface area contributed by atoms with Gasteiger partial charge in [-0.15, -0.1) is 0 Å². The number of amides is 3.